The van der Waals surface area contributed by atoms with Crippen molar-refractivity contribution in [1.29, 1.82) is 0 Å². The molecule has 0 atom stereocenters. The van der Waals surface area contributed by atoms with Crippen LogP contribution in [0, 0.1) is 10.1 Å². The number of furan rings is 1. The summed E-state index contributed by atoms with van der Waals surface area (Å²) in [5.74, 6) is -0.382. The first kappa shape index (κ1) is 25.2. The molecule has 1 aromatic heterocycles. The van der Waals surface area contributed by atoms with Gasteiger partial charge in [-0.05, 0) is 69.2 Å². The summed E-state index contributed by atoms with van der Waals surface area (Å²) in [4.78, 5) is 48.5. The molecular formula is C24H17BrN2O8S. The molecule has 3 aromatic rings. The topological polar surface area (TPSA) is 129 Å². The molecule has 12 heteroatoms. The third-order valence-electron chi connectivity index (χ3n) is 5.01. The minimum Gasteiger partial charge on any atom is -0.488 e. The summed E-state index contributed by atoms with van der Waals surface area (Å²) >= 11 is 4.23. The van der Waals surface area contributed by atoms with Crippen LogP contribution in [0.5, 0.6) is 5.75 Å². The van der Waals surface area contributed by atoms with Crippen molar-refractivity contribution in [3.8, 4) is 5.75 Å². The minimum atomic E-state index is -0.654. The number of halogens is 1. The van der Waals surface area contributed by atoms with Gasteiger partial charge in [-0.25, -0.2) is 4.79 Å². The average molecular weight is 573 g/mol. The van der Waals surface area contributed by atoms with Crippen LogP contribution in [0.3, 0.4) is 0 Å². The predicted molar refractivity (Wildman–Crippen MR) is 133 cm³/mol. The quantitative estimate of drug-likeness (QED) is 0.147. The summed E-state index contributed by atoms with van der Waals surface area (Å²) in [6, 6.07) is 14.2. The number of hydrogen-bond donors (Lipinski definition) is 0. The first-order valence-corrected chi connectivity index (χ1v) is 11.9. The summed E-state index contributed by atoms with van der Waals surface area (Å²) in [6.45, 7) is 0.0100. The van der Waals surface area contributed by atoms with Gasteiger partial charge in [0.1, 0.15) is 18.1 Å². The van der Waals surface area contributed by atoms with Gasteiger partial charge < -0.3 is 13.9 Å². The molecular weight excluding hydrogens is 556 g/mol. The van der Waals surface area contributed by atoms with Crippen molar-refractivity contribution < 1.29 is 33.2 Å². The van der Waals surface area contributed by atoms with Crippen LogP contribution < -0.4 is 4.74 Å². The third-order valence-corrected chi connectivity index (χ3v) is 6.53. The number of esters is 1. The van der Waals surface area contributed by atoms with E-state index in [1.165, 1.54) is 31.4 Å². The van der Waals surface area contributed by atoms with Gasteiger partial charge in [0.15, 0.2) is 0 Å². The van der Waals surface area contributed by atoms with E-state index >= 15 is 0 Å². The van der Waals surface area contributed by atoms with E-state index in [0.29, 0.717) is 21.3 Å². The highest BCUT2D eigenvalue weighted by Crippen LogP contribution is 2.35. The largest absolute Gasteiger partial charge is 0.488 e. The molecule has 4 rings (SSSR count). The smallest absolute Gasteiger partial charge is 0.373 e. The van der Waals surface area contributed by atoms with Crippen LogP contribution in [0.2, 0.25) is 0 Å². The maximum atomic E-state index is 12.8. The van der Waals surface area contributed by atoms with Gasteiger partial charge in [0.05, 0.1) is 28.0 Å². The highest BCUT2D eigenvalue weighted by atomic mass is 79.9. The number of nitrogens with zero attached hydrogens (tertiary/aromatic N) is 2. The van der Waals surface area contributed by atoms with E-state index in [-0.39, 0.29) is 35.3 Å². The fourth-order valence-electron chi connectivity index (χ4n) is 3.26. The van der Waals surface area contributed by atoms with E-state index in [0.717, 1.165) is 16.7 Å². The molecule has 0 radical (unpaired) electrons. The normalized spacial score (nSPS) is 14.4. The van der Waals surface area contributed by atoms with Crippen molar-refractivity contribution in [2.45, 2.75) is 13.2 Å². The number of amides is 2. The molecule has 1 fully saturated rings. The van der Waals surface area contributed by atoms with Gasteiger partial charge >= 0.3 is 5.97 Å². The Morgan fingerprint density at radius 2 is 2.00 bits per heavy atom. The van der Waals surface area contributed by atoms with Crippen LogP contribution in [-0.4, -0.2) is 34.0 Å². The zero-order valence-corrected chi connectivity index (χ0v) is 21.0. The Bertz CT molecular complexity index is 1400. The van der Waals surface area contributed by atoms with E-state index < -0.39 is 22.0 Å². The molecule has 36 heavy (non-hydrogen) atoms. The van der Waals surface area contributed by atoms with E-state index in [1.54, 1.807) is 36.4 Å². The Balaban J connectivity index is 1.43. The Morgan fingerprint density at radius 3 is 2.72 bits per heavy atom. The summed E-state index contributed by atoms with van der Waals surface area (Å²) in [5.41, 5.74) is 1.28. The summed E-state index contributed by atoms with van der Waals surface area (Å²) in [6.07, 6.45) is 1.59. The van der Waals surface area contributed by atoms with E-state index in [2.05, 4.69) is 20.7 Å². The Labute approximate surface area is 217 Å². The second-order valence-electron chi connectivity index (χ2n) is 7.43. The fourth-order valence-corrected chi connectivity index (χ4v) is 4.61. The molecule has 0 bridgehead atoms. The number of nitro groups is 1. The lowest BCUT2D eigenvalue weighted by molar-refractivity contribution is -0.384. The Morgan fingerprint density at radius 1 is 1.19 bits per heavy atom. The SMILES string of the molecule is COC(=O)c1ccc(CN2C(=O)S/C(=C/c3ccc(OCc4cccc([N+](=O)[O-])c4)c(Br)c3)C2=O)o1. The standard InChI is InChI=1S/C24H17BrN2O8S/c1-33-23(29)20-8-6-17(35-20)12-26-22(28)21(36-24(26)30)11-14-5-7-19(18(25)10-14)34-13-15-3-2-4-16(9-15)27(31)32/h2-11H,12-13H2,1H3/b21-11+. The molecule has 0 saturated carbocycles. The third kappa shape index (κ3) is 5.66. The Hall–Kier alpha value is -3.90. The highest BCUT2D eigenvalue weighted by Gasteiger charge is 2.35. The number of carbonyl (C=O) groups excluding carboxylic acids is 3. The van der Waals surface area contributed by atoms with Crippen molar-refractivity contribution in [1.82, 2.24) is 4.90 Å². The Kier molecular flexibility index (Phi) is 7.55. The van der Waals surface area contributed by atoms with Crippen LogP contribution in [0.15, 0.2) is 68.4 Å². The second kappa shape index (κ2) is 10.8. The molecule has 0 aliphatic carbocycles. The van der Waals surface area contributed by atoms with Gasteiger partial charge in [-0.15, -0.1) is 0 Å². The molecule has 2 aromatic carbocycles. The van der Waals surface area contributed by atoms with Gasteiger partial charge in [-0.3, -0.25) is 24.6 Å². The highest BCUT2D eigenvalue weighted by molar-refractivity contribution is 9.10. The number of thioether (sulfide) groups is 1. The zero-order valence-electron chi connectivity index (χ0n) is 18.6. The number of methoxy groups -OCH3 is 1. The van der Waals surface area contributed by atoms with Gasteiger partial charge in [0.25, 0.3) is 16.8 Å². The molecule has 1 aliphatic heterocycles. The van der Waals surface area contributed by atoms with Crippen LogP contribution in [0.1, 0.15) is 27.4 Å². The van der Waals surface area contributed by atoms with Crippen molar-refractivity contribution in [3.05, 3.63) is 96.7 Å². The van der Waals surface area contributed by atoms with E-state index in [1.807, 2.05) is 0 Å². The van der Waals surface area contributed by atoms with Crippen LogP contribution in [0.4, 0.5) is 10.5 Å². The summed E-state index contributed by atoms with van der Waals surface area (Å²) in [5, 5.41) is 10.5. The molecule has 0 N–H and O–H groups in total. The van der Waals surface area contributed by atoms with Crippen molar-refractivity contribution in [3.63, 3.8) is 0 Å². The molecule has 184 valence electrons. The maximum Gasteiger partial charge on any atom is 0.373 e. The summed E-state index contributed by atoms with van der Waals surface area (Å²) in [7, 11) is 1.22. The lowest BCUT2D eigenvalue weighted by Crippen LogP contribution is -2.27. The second-order valence-corrected chi connectivity index (χ2v) is 9.28. The monoisotopic (exact) mass is 572 g/mol. The molecule has 0 unspecified atom stereocenters. The van der Waals surface area contributed by atoms with Crippen molar-refractivity contribution in [2.75, 3.05) is 7.11 Å². The number of rotatable bonds is 8. The number of imide groups is 1. The summed E-state index contributed by atoms with van der Waals surface area (Å²) < 4.78 is 16.3. The van der Waals surface area contributed by atoms with Crippen molar-refractivity contribution >= 4 is 56.6 Å². The minimum absolute atomic E-state index is 0.0181. The maximum absolute atomic E-state index is 12.8. The van der Waals surface area contributed by atoms with Crippen LogP contribution in [0.25, 0.3) is 6.08 Å². The zero-order chi connectivity index (χ0) is 25.8. The number of nitro benzene ring substituents is 1. The number of carbonyl (C=O) groups is 3. The van der Waals surface area contributed by atoms with Crippen LogP contribution in [-0.2, 0) is 22.7 Å². The first-order chi connectivity index (χ1) is 17.2. The van der Waals surface area contributed by atoms with E-state index in [9.17, 15) is 24.5 Å². The molecule has 1 aliphatic rings. The van der Waals surface area contributed by atoms with Gasteiger partial charge in [0, 0.05) is 12.1 Å². The number of non-ortho nitro benzene ring substituents is 1. The molecule has 0 spiro atoms. The van der Waals surface area contributed by atoms with Gasteiger partial charge in [-0.1, -0.05) is 18.2 Å². The number of ether oxygens (including phenoxy) is 2. The van der Waals surface area contributed by atoms with Gasteiger partial charge in [-0.2, -0.15) is 0 Å². The average Bonchev–Trinajstić information content (AvgIpc) is 3.43. The lowest BCUT2D eigenvalue weighted by Gasteiger charge is -2.10. The van der Waals surface area contributed by atoms with Gasteiger partial charge in [0.2, 0.25) is 5.76 Å². The number of hydrogen-bond acceptors (Lipinski definition) is 9. The number of benzene rings is 2. The van der Waals surface area contributed by atoms with Crippen LogP contribution >= 0.6 is 27.7 Å². The molecule has 2 amide bonds. The first-order valence-electron chi connectivity index (χ1n) is 10.3. The van der Waals surface area contributed by atoms with Crippen molar-refractivity contribution in [2.24, 2.45) is 0 Å². The lowest BCUT2D eigenvalue weighted by atomic mass is 10.2. The molecule has 10 nitrogen and oxygen atoms in total. The molecule has 2 heterocycles. The van der Waals surface area contributed by atoms with E-state index in [4.69, 9.17) is 9.15 Å². The fraction of sp³-hybridized carbons (Fsp3) is 0.125. The molecule has 1 saturated heterocycles. The predicted octanol–water partition coefficient (Wildman–Crippen LogP) is 5.55.